The molecule has 0 radical (unpaired) electrons. The Balaban J connectivity index is 2.31. The Labute approximate surface area is 115 Å². The molecule has 1 N–H and O–H groups in total. The van der Waals surface area contributed by atoms with Crippen molar-refractivity contribution in [2.45, 2.75) is 20.8 Å². The van der Waals surface area contributed by atoms with Crippen LogP contribution in [-0.2, 0) is 4.74 Å². The molecule has 100 valence electrons. The maximum atomic E-state index is 11.9. The molecule has 0 fully saturated rings. The van der Waals surface area contributed by atoms with Crippen molar-refractivity contribution in [2.75, 3.05) is 11.9 Å². The number of hydrogen-bond donors (Lipinski definition) is 1. The van der Waals surface area contributed by atoms with E-state index in [1.54, 1.807) is 20.0 Å². The number of aryl methyl sites for hydroxylation is 2. The number of rotatable bonds is 4. The lowest BCUT2D eigenvalue weighted by Crippen LogP contribution is -2.08. The molecule has 0 saturated heterocycles. The Kier molecular flexibility index (Phi) is 4.11. The summed E-state index contributed by atoms with van der Waals surface area (Å²) in [5, 5.41) is 3.88. The van der Waals surface area contributed by atoms with Gasteiger partial charge in [-0.2, -0.15) is 4.37 Å². The van der Waals surface area contributed by atoms with Crippen LogP contribution in [0.4, 0.5) is 10.7 Å². The highest BCUT2D eigenvalue weighted by Crippen LogP contribution is 2.29. The minimum absolute atomic E-state index is 0.347. The van der Waals surface area contributed by atoms with Crippen molar-refractivity contribution in [1.29, 1.82) is 0 Å². The van der Waals surface area contributed by atoms with Crippen LogP contribution < -0.4 is 5.32 Å². The Hall–Kier alpha value is -1.95. The molecule has 0 aliphatic carbocycles. The summed E-state index contributed by atoms with van der Waals surface area (Å²) in [4.78, 5) is 16.1. The third kappa shape index (κ3) is 2.90. The molecule has 2 aromatic rings. The Morgan fingerprint density at radius 3 is 2.89 bits per heavy atom. The van der Waals surface area contributed by atoms with E-state index in [1.165, 1.54) is 11.5 Å². The molecule has 6 heteroatoms. The number of pyridine rings is 1. The first-order chi connectivity index (χ1) is 9.13. The molecule has 2 rings (SSSR count). The molecule has 0 amide bonds. The zero-order valence-electron chi connectivity index (χ0n) is 11.1. The van der Waals surface area contributed by atoms with Gasteiger partial charge in [-0.25, -0.2) is 4.79 Å². The summed E-state index contributed by atoms with van der Waals surface area (Å²) in [6.07, 6.45) is 1.73. The molecule has 0 aromatic carbocycles. The van der Waals surface area contributed by atoms with Gasteiger partial charge in [-0.1, -0.05) is 0 Å². The third-order valence-corrected chi connectivity index (χ3v) is 3.45. The van der Waals surface area contributed by atoms with Gasteiger partial charge >= 0.3 is 5.97 Å². The van der Waals surface area contributed by atoms with Crippen LogP contribution in [0.5, 0.6) is 0 Å². The van der Waals surface area contributed by atoms with Gasteiger partial charge in [0.25, 0.3) is 0 Å². The van der Waals surface area contributed by atoms with E-state index < -0.39 is 0 Å². The molecule has 2 heterocycles. The summed E-state index contributed by atoms with van der Waals surface area (Å²) in [5.41, 5.74) is 2.89. The van der Waals surface area contributed by atoms with E-state index in [2.05, 4.69) is 14.7 Å². The fourth-order valence-corrected chi connectivity index (χ4v) is 2.43. The topological polar surface area (TPSA) is 64.1 Å². The monoisotopic (exact) mass is 277 g/mol. The van der Waals surface area contributed by atoms with E-state index in [1.807, 2.05) is 19.1 Å². The fraction of sp³-hybridized carbons (Fsp3) is 0.308. The van der Waals surface area contributed by atoms with E-state index in [0.29, 0.717) is 22.9 Å². The average molecular weight is 277 g/mol. The minimum Gasteiger partial charge on any atom is -0.462 e. The van der Waals surface area contributed by atoms with Gasteiger partial charge in [0.15, 0.2) is 0 Å². The lowest BCUT2D eigenvalue weighted by atomic mass is 10.2. The van der Waals surface area contributed by atoms with Crippen molar-refractivity contribution in [3.05, 3.63) is 35.3 Å². The van der Waals surface area contributed by atoms with Gasteiger partial charge in [-0.15, -0.1) is 0 Å². The summed E-state index contributed by atoms with van der Waals surface area (Å²) in [5.74, 6) is -0.349. The third-order valence-electron chi connectivity index (χ3n) is 2.60. The number of carbonyl (C=O) groups excluding carboxylic acids is 1. The van der Waals surface area contributed by atoms with Crippen molar-refractivity contribution >= 4 is 28.2 Å². The zero-order valence-corrected chi connectivity index (χ0v) is 11.9. The van der Waals surface area contributed by atoms with Crippen LogP contribution in [-0.4, -0.2) is 21.9 Å². The fourth-order valence-electron chi connectivity index (χ4n) is 1.64. The highest BCUT2D eigenvalue weighted by Gasteiger charge is 2.20. The number of aromatic nitrogens is 2. The van der Waals surface area contributed by atoms with Crippen LogP contribution in [0, 0.1) is 13.8 Å². The SMILES string of the molecule is CCOC(=O)c1c(C)nsc1Nc1cccnc1C. The second-order valence-corrected chi connectivity index (χ2v) is 4.73. The number of ether oxygens (including phenoxy) is 1. The first-order valence-corrected chi connectivity index (χ1v) is 6.72. The average Bonchev–Trinajstić information content (AvgIpc) is 2.74. The van der Waals surface area contributed by atoms with Crippen molar-refractivity contribution in [3.8, 4) is 0 Å². The van der Waals surface area contributed by atoms with Gasteiger partial charge < -0.3 is 10.1 Å². The predicted molar refractivity (Wildman–Crippen MR) is 75.1 cm³/mol. The lowest BCUT2D eigenvalue weighted by Gasteiger charge is -2.08. The predicted octanol–water partition coefficient (Wildman–Crippen LogP) is 3.08. The smallest absolute Gasteiger partial charge is 0.343 e. The van der Waals surface area contributed by atoms with Crippen molar-refractivity contribution in [1.82, 2.24) is 9.36 Å². The molecule has 19 heavy (non-hydrogen) atoms. The van der Waals surface area contributed by atoms with Crippen LogP contribution in [0.2, 0.25) is 0 Å². The van der Waals surface area contributed by atoms with Gasteiger partial charge in [-0.05, 0) is 44.4 Å². The number of anilines is 2. The number of nitrogens with one attached hydrogen (secondary N) is 1. The Morgan fingerprint density at radius 2 is 2.21 bits per heavy atom. The first kappa shape index (κ1) is 13.5. The Bertz CT molecular complexity index is 595. The van der Waals surface area contributed by atoms with E-state index in [4.69, 9.17) is 4.74 Å². The van der Waals surface area contributed by atoms with Gasteiger partial charge in [-0.3, -0.25) is 4.98 Å². The van der Waals surface area contributed by atoms with Crippen LogP contribution in [0.3, 0.4) is 0 Å². The number of nitrogens with zero attached hydrogens (tertiary/aromatic N) is 2. The van der Waals surface area contributed by atoms with E-state index >= 15 is 0 Å². The van der Waals surface area contributed by atoms with Gasteiger partial charge in [0.1, 0.15) is 10.6 Å². The van der Waals surface area contributed by atoms with E-state index in [-0.39, 0.29) is 5.97 Å². The molecule has 0 aliphatic rings. The highest BCUT2D eigenvalue weighted by molar-refractivity contribution is 7.10. The molecule has 0 spiro atoms. The van der Waals surface area contributed by atoms with Gasteiger partial charge in [0, 0.05) is 6.20 Å². The second-order valence-electron chi connectivity index (χ2n) is 3.95. The molecular formula is C13H15N3O2S. The second kappa shape index (κ2) is 5.79. The number of hydrogen-bond acceptors (Lipinski definition) is 6. The molecular weight excluding hydrogens is 262 g/mol. The maximum Gasteiger partial charge on any atom is 0.343 e. The van der Waals surface area contributed by atoms with Crippen LogP contribution >= 0.6 is 11.5 Å². The van der Waals surface area contributed by atoms with Gasteiger partial charge in [0.2, 0.25) is 0 Å². The van der Waals surface area contributed by atoms with Gasteiger partial charge in [0.05, 0.1) is 23.7 Å². The maximum absolute atomic E-state index is 11.9. The summed E-state index contributed by atoms with van der Waals surface area (Å²) in [7, 11) is 0. The number of carbonyl (C=O) groups is 1. The van der Waals surface area contributed by atoms with Crippen molar-refractivity contribution < 1.29 is 9.53 Å². The summed E-state index contributed by atoms with van der Waals surface area (Å²) in [6.45, 7) is 5.83. The molecule has 0 atom stereocenters. The standard InChI is InChI=1S/C13H15N3O2S/c1-4-18-13(17)11-9(3)16-19-12(11)15-10-6-5-7-14-8(10)2/h5-7,15H,4H2,1-3H3. The molecule has 0 saturated carbocycles. The normalized spacial score (nSPS) is 10.3. The molecule has 2 aromatic heterocycles. The molecule has 0 aliphatic heterocycles. The molecule has 0 unspecified atom stereocenters. The number of esters is 1. The summed E-state index contributed by atoms with van der Waals surface area (Å²) in [6, 6.07) is 3.75. The Morgan fingerprint density at radius 1 is 1.42 bits per heavy atom. The van der Waals surface area contributed by atoms with Crippen molar-refractivity contribution in [3.63, 3.8) is 0 Å². The minimum atomic E-state index is -0.349. The van der Waals surface area contributed by atoms with E-state index in [0.717, 1.165) is 11.4 Å². The van der Waals surface area contributed by atoms with Crippen LogP contribution in [0.25, 0.3) is 0 Å². The largest absolute Gasteiger partial charge is 0.462 e. The lowest BCUT2D eigenvalue weighted by molar-refractivity contribution is 0.0527. The summed E-state index contributed by atoms with van der Waals surface area (Å²) >= 11 is 1.24. The summed E-state index contributed by atoms with van der Waals surface area (Å²) < 4.78 is 9.25. The van der Waals surface area contributed by atoms with Crippen LogP contribution in [0.1, 0.15) is 28.7 Å². The highest BCUT2D eigenvalue weighted by atomic mass is 32.1. The quantitative estimate of drug-likeness (QED) is 0.870. The molecule has 5 nitrogen and oxygen atoms in total. The van der Waals surface area contributed by atoms with Crippen molar-refractivity contribution in [2.24, 2.45) is 0 Å². The first-order valence-electron chi connectivity index (χ1n) is 5.95. The molecule has 0 bridgehead atoms. The zero-order chi connectivity index (χ0) is 13.8. The van der Waals surface area contributed by atoms with Crippen LogP contribution in [0.15, 0.2) is 18.3 Å². The van der Waals surface area contributed by atoms with E-state index in [9.17, 15) is 4.79 Å².